The molecule has 4 heteroatoms. The van der Waals surface area contributed by atoms with Crippen molar-refractivity contribution in [2.24, 2.45) is 0 Å². The average molecular weight is 196 g/mol. The maximum absolute atomic E-state index is 10.4. The monoisotopic (exact) mass is 196 g/mol. The fraction of sp³-hybridized carbons (Fsp3) is 0.556. The zero-order valence-electron chi connectivity index (χ0n) is 7.40. The average Bonchev–Trinajstić information content (AvgIpc) is 2.67. The first-order chi connectivity index (χ1) is 6.40. The molecule has 0 aromatic carbocycles. The molecule has 0 bridgehead atoms. The van der Waals surface area contributed by atoms with E-state index in [-0.39, 0.29) is 0 Å². The second kappa shape index (κ2) is 3.87. The van der Waals surface area contributed by atoms with Crippen LogP contribution in [0, 0.1) is 0 Å². The van der Waals surface area contributed by atoms with Crippen LogP contribution in [0.5, 0.6) is 0 Å². The van der Waals surface area contributed by atoms with E-state index in [2.05, 4.69) is 9.88 Å². The smallest absolute Gasteiger partial charge is 0.185 e. The first-order valence-electron chi connectivity index (χ1n) is 4.56. The van der Waals surface area contributed by atoms with Crippen LogP contribution in [-0.4, -0.2) is 24.4 Å². The van der Waals surface area contributed by atoms with Gasteiger partial charge in [0.25, 0.3) is 0 Å². The summed E-state index contributed by atoms with van der Waals surface area (Å²) in [6.45, 7) is 2.18. The summed E-state index contributed by atoms with van der Waals surface area (Å²) < 4.78 is 0. The van der Waals surface area contributed by atoms with Gasteiger partial charge in [-0.2, -0.15) is 0 Å². The molecule has 13 heavy (non-hydrogen) atoms. The van der Waals surface area contributed by atoms with Crippen molar-refractivity contribution in [3.8, 4) is 0 Å². The summed E-state index contributed by atoms with van der Waals surface area (Å²) in [7, 11) is 0. The van der Waals surface area contributed by atoms with Crippen LogP contribution in [-0.2, 0) is 0 Å². The van der Waals surface area contributed by atoms with Crippen LogP contribution in [0.25, 0.3) is 0 Å². The van der Waals surface area contributed by atoms with Crippen molar-refractivity contribution >= 4 is 22.8 Å². The Morgan fingerprint density at radius 1 is 1.38 bits per heavy atom. The molecule has 0 aliphatic carbocycles. The minimum Gasteiger partial charge on any atom is -0.348 e. The number of carbonyl (C=O) groups is 1. The molecule has 1 aromatic rings. The fourth-order valence-electron chi connectivity index (χ4n) is 1.56. The van der Waals surface area contributed by atoms with Crippen LogP contribution in [0.3, 0.4) is 0 Å². The number of carbonyl (C=O) groups excluding carboxylic acids is 1. The molecule has 3 nitrogen and oxygen atoms in total. The summed E-state index contributed by atoms with van der Waals surface area (Å²) in [5.74, 6) is 0. The highest BCUT2D eigenvalue weighted by Crippen LogP contribution is 2.23. The number of piperidine rings is 1. The van der Waals surface area contributed by atoms with E-state index in [1.807, 2.05) is 5.38 Å². The van der Waals surface area contributed by atoms with E-state index in [0.29, 0.717) is 5.69 Å². The van der Waals surface area contributed by atoms with E-state index >= 15 is 0 Å². The maximum Gasteiger partial charge on any atom is 0.185 e. The quantitative estimate of drug-likeness (QED) is 0.678. The van der Waals surface area contributed by atoms with Crippen molar-refractivity contribution < 1.29 is 4.79 Å². The summed E-state index contributed by atoms with van der Waals surface area (Å²) >= 11 is 1.56. The summed E-state index contributed by atoms with van der Waals surface area (Å²) in [5.41, 5.74) is 0.561. The molecule has 1 aliphatic heterocycles. The van der Waals surface area contributed by atoms with Gasteiger partial charge in [-0.1, -0.05) is 0 Å². The van der Waals surface area contributed by atoms with Crippen molar-refractivity contribution in [2.45, 2.75) is 19.3 Å². The Hall–Kier alpha value is -0.900. The van der Waals surface area contributed by atoms with E-state index in [0.717, 1.165) is 24.5 Å². The first kappa shape index (κ1) is 8.69. The van der Waals surface area contributed by atoms with Crippen LogP contribution in [0.2, 0.25) is 0 Å². The number of aromatic nitrogens is 1. The normalized spacial score (nSPS) is 17.4. The number of hydrogen-bond acceptors (Lipinski definition) is 4. The van der Waals surface area contributed by atoms with Gasteiger partial charge in [0.1, 0.15) is 5.69 Å². The van der Waals surface area contributed by atoms with Crippen LogP contribution in [0.4, 0.5) is 5.13 Å². The molecule has 0 atom stereocenters. The minimum atomic E-state index is 0.561. The van der Waals surface area contributed by atoms with Gasteiger partial charge in [-0.25, -0.2) is 4.98 Å². The predicted octanol–water partition coefficient (Wildman–Crippen LogP) is 1.95. The molecule has 1 fully saturated rings. The van der Waals surface area contributed by atoms with Crippen molar-refractivity contribution in [1.29, 1.82) is 0 Å². The van der Waals surface area contributed by atoms with E-state index in [1.54, 1.807) is 11.3 Å². The molecule has 0 saturated carbocycles. The Morgan fingerprint density at radius 3 is 2.77 bits per heavy atom. The first-order valence-corrected chi connectivity index (χ1v) is 5.44. The SMILES string of the molecule is O=Cc1csc(N2CCCCC2)n1. The van der Waals surface area contributed by atoms with E-state index < -0.39 is 0 Å². The van der Waals surface area contributed by atoms with Gasteiger partial charge >= 0.3 is 0 Å². The maximum atomic E-state index is 10.4. The van der Waals surface area contributed by atoms with Crippen molar-refractivity contribution in [3.63, 3.8) is 0 Å². The van der Waals surface area contributed by atoms with Crippen molar-refractivity contribution in [3.05, 3.63) is 11.1 Å². The lowest BCUT2D eigenvalue weighted by Crippen LogP contribution is -2.29. The number of nitrogens with zero attached hydrogens (tertiary/aromatic N) is 2. The molecule has 0 amide bonds. The van der Waals surface area contributed by atoms with Gasteiger partial charge < -0.3 is 4.90 Å². The third-order valence-electron chi connectivity index (χ3n) is 2.26. The van der Waals surface area contributed by atoms with Crippen LogP contribution in [0.1, 0.15) is 29.8 Å². The Labute approximate surface area is 81.4 Å². The standard InChI is InChI=1S/C9H12N2OS/c12-6-8-7-13-9(10-8)11-4-2-1-3-5-11/h6-7H,1-5H2. The Balaban J connectivity index is 2.09. The van der Waals surface area contributed by atoms with E-state index in [1.165, 1.54) is 19.3 Å². The van der Waals surface area contributed by atoms with Gasteiger partial charge in [0.15, 0.2) is 11.4 Å². The summed E-state index contributed by atoms with van der Waals surface area (Å²) in [4.78, 5) is 16.9. The van der Waals surface area contributed by atoms with Gasteiger partial charge in [-0.3, -0.25) is 4.79 Å². The zero-order chi connectivity index (χ0) is 9.10. The third kappa shape index (κ3) is 1.88. The number of anilines is 1. The molecule has 0 unspecified atom stereocenters. The Kier molecular flexibility index (Phi) is 2.59. The number of thiazole rings is 1. The predicted molar refractivity (Wildman–Crippen MR) is 53.6 cm³/mol. The highest BCUT2D eigenvalue weighted by atomic mass is 32.1. The summed E-state index contributed by atoms with van der Waals surface area (Å²) in [5, 5.41) is 2.82. The van der Waals surface area contributed by atoms with Gasteiger partial charge in [0, 0.05) is 18.5 Å². The van der Waals surface area contributed by atoms with Gasteiger partial charge in [-0.05, 0) is 19.3 Å². The molecule has 1 aromatic heterocycles. The molecular weight excluding hydrogens is 184 g/mol. The third-order valence-corrected chi connectivity index (χ3v) is 3.18. The Morgan fingerprint density at radius 2 is 2.15 bits per heavy atom. The molecule has 0 spiro atoms. The summed E-state index contributed by atoms with van der Waals surface area (Å²) in [6.07, 6.45) is 4.62. The second-order valence-corrected chi connectivity index (χ2v) is 4.06. The lowest BCUT2D eigenvalue weighted by atomic mass is 10.1. The molecule has 1 aliphatic rings. The topological polar surface area (TPSA) is 33.2 Å². The van der Waals surface area contributed by atoms with Gasteiger partial charge in [0.05, 0.1) is 0 Å². The highest BCUT2D eigenvalue weighted by molar-refractivity contribution is 7.13. The molecule has 70 valence electrons. The van der Waals surface area contributed by atoms with Gasteiger partial charge in [0.2, 0.25) is 0 Å². The van der Waals surface area contributed by atoms with E-state index in [9.17, 15) is 4.79 Å². The van der Waals surface area contributed by atoms with Crippen LogP contribution >= 0.6 is 11.3 Å². The summed E-state index contributed by atoms with van der Waals surface area (Å²) in [6, 6.07) is 0. The van der Waals surface area contributed by atoms with Gasteiger partial charge in [-0.15, -0.1) is 11.3 Å². The molecule has 2 rings (SSSR count). The zero-order valence-corrected chi connectivity index (χ0v) is 8.22. The lowest BCUT2D eigenvalue weighted by molar-refractivity contribution is 0.111. The highest BCUT2D eigenvalue weighted by Gasteiger charge is 2.13. The lowest BCUT2D eigenvalue weighted by Gasteiger charge is -2.25. The largest absolute Gasteiger partial charge is 0.348 e. The molecule has 1 saturated heterocycles. The van der Waals surface area contributed by atoms with E-state index in [4.69, 9.17) is 0 Å². The van der Waals surface area contributed by atoms with Crippen LogP contribution < -0.4 is 4.90 Å². The molecule has 0 radical (unpaired) electrons. The number of aldehydes is 1. The van der Waals surface area contributed by atoms with Crippen molar-refractivity contribution in [2.75, 3.05) is 18.0 Å². The fourth-order valence-corrected chi connectivity index (χ4v) is 2.38. The minimum absolute atomic E-state index is 0.561. The molecule has 2 heterocycles. The second-order valence-electron chi connectivity index (χ2n) is 3.22. The molecular formula is C9H12N2OS. The number of hydrogen-bond donors (Lipinski definition) is 0. The number of rotatable bonds is 2. The van der Waals surface area contributed by atoms with Crippen LogP contribution in [0.15, 0.2) is 5.38 Å². The molecule has 0 N–H and O–H groups in total. The Bertz CT molecular complexity index is 292. The van der Waals surface area contributed by atoms with Crippen molar-refractivity contribution in [1.82, 2.24) is 4.98 Å².